The van der Waals surface area contributed by atoms with E-state index < -0.39 is 5.97 Å². The van der Waals surface area contributed by atoms with E-state index in [4.69, 9.17) is 5.11 Å². The van der Waals surface area contributed by atoms with Crippen LogP contribution in [0.25, 0.3) is 0 Å². The van der Waals surface area contributed by atoms with Crippen molar-refractivity contribution in [3.8, 4) is 0 Å². The van der Waals surface area contributed by atoms with Gasteiger partial charge in [-0.1, -0.05) is 18.7 Å². The third-order valence-electron chi connectivity index (χ3n) is 1.40. The van der Waals surface area contributed by atoms with Crippen LogP contribution in [0.4, 0.5) is 0 Å². The summed E-state index contributed by atoms with van der Waals surface area (Å²) < 4.78 is 0. The molecule has 0 rings (SSSR count). The van der Waals surface area contributed by atoms with Crippen molar-refractivity contribution in [3.05, 3.63) is 0 Å². The summed E-state index contributed by atoms with van der Waals surface area (Å²) in [6.07, 6.45) is 0. The molecule has 0 aliphatic heterocycles. The molecule has 0 aliphatic rings. The Balaban J connectivity index is 3.76. The molecular formula is C8H13NO4S. The molecule has 0 bridgehead atoms. The van der Waals surface area contributed by atoms with Gasteiger partial charge in [0.1, 0.15) is 6.54 Å². The van der Waals surface area contributed by atoms with E-state index in [0.29, 0.717) is 5.75 Å². The van der Waals surface area contributed by atoms with E-state index in [9.17, 15) is 14.4 Å². The van der Waals surface area contributed by atoms with Crippen molar-refractivity contribution < 1.29 is 19.5 Å². The number of amides is 1. The zero-order valence-electron chi connectivity index (χ0n) is 8.07. The molecular weight excluding hydrogens is 206 g/mol. The number of hydrogen-bond donors (Lipinski definition) is 2. The van der Waals surface area contributed by atoms with Gasteiger partial charge in [-0.3, -0.25) is 14.4 Å². The van der Waals surface area contributed by atoms with E-state index >= 15 is 0 Å². The minimum atomic E-state index is -1.08. The fourth-order valence-corrected chi connectivity index (χ4v) is 1.29. The van der Waals surface area contributed by atoms with Gasteiger partial charge in [-0.25, -0.2) is 0 Å². The summed E-state index contributed by atoms with van der Waals surface area (Å²) in [7, 11) is 0. The summed E-state index contributed by atoms with van der Waals surface area (Å²) in [6, 6.07) is 0. The van der Waals surface area contributed by atoms with Crippen molar-refractivity contribution in [1.29, 1.82) is 0 Å². The molecule has 0 aromatic heterocycles. The topological polar surface area (TPSA) is 83.5 Å². The van der Waals surface area contributed by atoms with Gasteiger partial charge in [-0.15, -0.1) is 0 Å². The van der Waals surface area contributed by atoms with E-state index in [2.05, 4.69) is 5.32 Å². The average molecular weight is 219 g/mol. The predicted molar refractivity (Wildman–Crippen MR) is 52.9 cm³/mol. The molecule has 5 nitrogen and oxygen atoms in total. The number of carbonyl (C=O) groups excluding carboxylic acids is 2. The zero-order valence-corrected chi connectivity index (χ0v) is 8.89. The van der Waals surface area contributed by atoms with E-state index in [1.54, 1.807) is 6.92 Å². The highest BCUT2D eigenvalue weighted by atomic mass is 32.2. The van der Waals surface area contributed by atoms with E-state index in [0.717, 1.165) is 11.8 Å². The SMILES string of the molecule is CC(=O)SCC(C)C(=O)NCC(=O)O. The molecule has 0 saturated heterocycles. The average Bonchev–Trinajstić information content (AvgIpc) is 2.09. The fraction of sp³-hybridized carbons (Fsp3) is 0.625. The molecule has 1 amide bonds. The lowest BCUT2D eigenvalue weighted by Gasteiger charge is -2.08. The number of carbonyl (C=O) groups is 3. The van der Waals surface area contributed by atoms with Crippen LogP contribution in [0.3, 0.4) is 0 Å². The van der Waals surface area contributed by atoms with Crippen LogP contribution in [0, 0.1) is 5.92 Å². The highest BCUT2D eigenvalue weighted by Gasteiger charge is 2.14. The molecule has 0 spiro atoms. The smallest absolute Gasteiger partial charge is 0.322 e. The Bertz CT molecular complexity index is 241. The number of rotatable bonds is 5. The summed E-state index contributed by atoms with van der Waals surface area (Å²) >= 11 is 1.05. The van der Waals surface area contributed by atoms with E-state index in [1.165, 1.54) is 6.92 Å². The second kappa shape index (κ2) is 6.42. The summed E-state index contributed by atoms with van der Waals surface area (Å²) in [5.41, 5.74) is 0. The first-order valence-corrected chi connectivity index (χ1v) is 5.05. The van der Waals surface area contributed by atoms with Crippen molar-refractivity contribution in [2.45, 2.75) is 13.8 Å². The fourth-order valence-electron chi connectivity index (χ4n) is 0.655. The minimum absolute atomic E-state index is 0.0529. The summed E-state index contributed by atoms with van der Waals surface area (Å²) in [6.45, 7) is 2.69. The summed E-state index contributed by atoms with van der Waals surface area (Å²) in [5.74, 6) is -1.41. The first kappa shape index (κ1) is 13.0. The van der Waals surface area contributed by atoms with Crippen LogP contribution in [0.2, 0.25) is 0 Å². The van der Waals surface area contributed by atoms with Crippen molar-refractivity contribution in [3.63, 3.8) is 0 Å². The van der Waals surface area contributed by atoms with Crippen LogP contribution in [-0.2, 0) is 14.4 Å². The Kier molecular flexibility index (Phi) is 5.94. The summed E-state index contributed by atoms with van der Waals surface area (Å²) in [5, 5.41) is 10.5. The van der Waals surface area contributed by atoms with Gasteiger partial charge in [-0.05, 0) is 0 Å². The number of aliphatic carboxylic acids is 1. The van der Waals surface area contributed by atoms with Gasteiger partial charge in [0.15, 0.2) is 5.12 Å². The third-order valence-corrected chi connectivity index (χ3v) is 2.47. The molecule has 1 atom stereocenters. The molecule has 0 aromatic carbocycles. The lowest BCUT2D eigenvalue weighted by atomic mass is 10.2. The Hall–Kier alpha value is -1.04. The van der Waals surface area contributed by atoms with Crippen LogP contribution < -0.4 is 5.32 Å². The molecule has 2 N–H and O–H groups in total. The van der Waals surface area contributed by atoms with Gasteiger partial charge in [0.2, 0.25) is 5.91 Å². The van der Waals surface area contributed by atoms with E-state index in [-0.39, 0.29) is 23.5 Å². The van der Waals surface area contributed by atoms with Gasteiger partial charge in [-0.2, -0.15) is 0 Å². The predicted octanol–water partition coefficient (Wildman–Crippen LogP) is 0.103. The Morgan fingerprint density at radius 1 is 1.43 bits per heavy atom. The molecule has 0 aromatic rings. The Morgan fingerprint density at radius 3 is 2.43 bits per heavy atom. The van der Waals surface area contributed by atoms with Crippen LogP contribution in [0.1, 0.15) is 13.8 Å². The van der Waals surface area contributed by atoms with Crippen molar-refractivity contribution in [1.82, 2.24) is 5.32 Å². The highest BCUT2D eigenvalue weighted by Crippen LogP contribution is 2.08. The first-order chi connectivity index (χ1) is 6.43. The van der Waals surface area contributed by atoms with Gasteiger partial charge < -0.3 is 10.4 Å². The molecule has 0 radical (unpaired) electrons. The molecule has 0 aliphatic carbocycles. The standard InChI is InChI=1S/C8H13NO4S/c1-5(4-14-6(2)10)8(13)9-3-7(11)12/h5H,3-4H2,1-2H3,(H,9,13)(H,11,12). The zero-order chi connectivity index (χ0) is 11.1. The minimum Gasteiger partial charge on any atom is -0.480 e. The number of hydrogen-bond acceptors (Lipinski definition) is 4. The van der Waals surface area contributed by atoms with Gasteiger partial charge in [0.05, 0.1) is 0 Å². The largest absolute Gasteiger partial charge is 0.480 e. The van der Waals surface area contributed by atoms with Crippen molar-refractivity contribution >= 4 is 28.8 Å². The Morgan fingerprint density at radius 2 is 2.00 bits per heavy atom. The second-order valence-corrected chi connectivity index (χ2v) is 4.01. The third kappa shape index (κ3) is 6.47. The number of carboxylic acids is 1. The normalized spacial score (nSPS) is 11.9. The number of carboxylic acid groups (broad SMARTS) is 1. The molecule has 1 unspecified atom stereocenters. The molecule has 0 fully saturated rings. The molecule has 80 valence electrons. The molecule has 14 heavy (non-hydrogen) atoms. The van der Waals surface area contributed by atoms with Crippen LogP contribution in [0.5, 0.6) is 0 Å². The lowest BCUT2D eigenvalue weighted by molar-refractivity contribution is -0.138. The van der Waals surface area contributed by atoms with Gasteiger partial charge in [0, 0.05) is 18.6 Å². The van der Waals surface area contributed by atoms with Gasteiger partial charge >= 0.3 is 5.97 Å². The number of nitrogens with one attached hydrogen (secondary N) is 1. The maximum Gasteiger partial charge on any atom is 0.322 e. The van der Waals surface area contributed by atoms with Crippen LogP contribution in [-0.4, -0.2) is 34.4 Å². The van der Waals surface area contributed by atoms with Crippen molar-refractivity contribution in [2.24, 2.45) is 5.92 Å². The van der Waals surface area contributed by atoms with Crippen LogP contribution >= 0.6 is 11.8 Å². The lowest BCUT2D eigenvalue weighted by Crippen LogP contribution is -2.34. The molecule has 0 saturated carbocycles. The quantitative estimate of drug-likeness (QED) is 0.685. The highest BCUT2D eigenvalue weighted by molar-refractivity contribution is 8.13. The first-order valence-electron chi connectivity index (χ1n) is 4.06. The van der Waals surface area contributed by atoms with E-state index in [1.807, 2.05) is 0 Å². The second-order valence-electron chi connectivity index (χ2n) is 2.82. The number of thioether (sulfide) groups is 1. The molecule has 0 heterocycles. The maximum absolute atomic E-state index is 11.2. The monoisotopic (exact) mass is 219 g/mol. The van der Waals surface area contributed by atoms with Crippen LogP contribution in [0.15, 0.2) is 0 Å². The maximum atomic E-state index is 11.2. The Labute approximate surface area is 86.2 Å². The molecule has 6 heteroatoms. The van der Waals surface area contributed by atoms with Gasteiger partial charge in [0.25, 0.3) is 0 Å². The summed E-state index contributed by atoms with van der Waals surface area (Å²) in [4.78, 5) is 31.9. The van der Waals surface area contributed by atoms with Crippen molar-refractivity contribution in [2.75, 3.05) is 12.3 Å².